The molecule has 0 aliphatic carbocycles. The number of rotatable bonds is 49. The molecule has 2 amide bonds. The molecule has 0 saturated carbocycles. The van der Waals surface area contributed by atoms with E-state index < -0.39 is 148 Å². The zero-order valence-corrected chi connectivity index (χ0v) is 52.2. The second-order valence-corrected chi connectivity index (χ2v) is 24.3. The van der Waals surface area contributed by atoms with Crippen LogP contribution in [0, 0.1) is 0 Å². The summed E-state index contributed by atoms with van der Waals surface area (Å²) >= 11 is 0. The van der Waals surface area contributed by atoms with Gasteiger partial charge in [0.2, 0.25) is 11.8 Å². The molecule has 0 aromatic rings. The van der Waals surface area contributed by atoms with Crippen LogP contribution in [0.3, 0.4) is 0 Å². The molecule has 3 aliphatic heterocycles. The monoisotopic (exact) mass is 1240 g/mol. The smallest absolute Gasteiger partial charge is 0.364 e. The molecule has 18 atom stereocenters. The predicted octanol–water partition coefficient (Wildman–Crippen LogP) is 4.73. The number of hydrogen-bond acceptors (Lipinski definition) is 20. The number of nitrogens with one attached hydrogen (secondary N) is 2. The molecule has 86 heavy (non-hydrogen) atoms. The van der Waals surface area contributed by atoms with E-state index in [1.54, 1.807) is 0 Å². The van der Waals surface area contributed by atoms with Gasteiger partial charge < -0.3 is 100 Å². The second-order valence-electron chi connectivity index (χ2n) is 24.3. The number of carboxylic acid groups (broad SMARTS) is 1. The summed E-state index contributed by atoms with van der Waals surface area (Å²) in [7, 11) is 0. The molecule has 0 radical (unpaired) electrons. The molecule has 3 aliphatic rings. The fraction of sp³-hybridized carbons (Fsp3) is 0.921. The summed E-state index contributed by atoms with van der Waals surface area (Å²) in [5.41, 5.74) is 0. The number of ether oxygens (including phenoxy) is 6. The Kier molecular flexibility index (Phi) is 40.5. The van der Waals surface area contributed by atoms with Gasteiger partial charge in [0.05, 0.1) is 50.7 Å². The molecule has 504 valence electrons. The Morgan fingerprint density at radius 1 is 0.593 bits per heavy atom. The van der Waals surface area contributed by atoms with Gasteiger partial charge in [-0.1, -0.05) is 187 Å². The Bertz CT molecular complexity index is 1810. The highest BCUT2D eigenvalue weighted by Crippen LogP contribution is 2.39. The van der Waals surface area contributed by atoms with E-state index in [2.05, 4.69) is 36.6 Å². The molecule has 3 saturated heterocycles. The van der Waals surface area contributed by atoms with Gasteiger partial charge in [-0.05, 0) is 38.5 Å². The highest BCUT2D eigenvalue weighted by molar-refractivity contribution is 5.77. The van der Waals surface area contributed by atoms with Crippen LogP contribution in [0.25, 0.3) is 0 Å². The van der Waals surface area contributed by atoms with E-state index in [0.717, 1.165) is 84.0 Å². The van der Waals surface area contributed by atoms with E-state index in [4.69, 9.17) is 28.4 Å². The summed E-state index contributed by atoms with van der Waals surface area (Å²) in [6.07, 6.45) is 11.0. The lowest BCUT2D eigenvalue weighted by atomic mass is 9.88. The SMILES string of the molecule is CCCCCCCCCCCCC/C=C\CCCCCCCCCC(=O)NC(COC1OC(CO)C(OC2OC(CO)C(O)C(OC3(C(=O)O)CC(O)C(NC(C)=O)C(C(O)C(O)CO)O3)C2O)C(O)C1O)C(O)CCCCCCCCCCCC. The van der Waals surface area contributed by atoms with E-state index in [9.17, 15) is 75.7 Å². The first-order valence-corrected chi connectivity index (χ1v) is 33.0. The van der Waals surface area contributed by atoms with Crippen LogP contribution in [-0.4, -0.2) is 215 Å². The van der Waals surface area contributed by atoms with Crippen molar-refractivity contribution in [3.63, 3.8) is 0 Å². The first kappa shape index (κ1) is 77.7. The van der Waals surface area contributed by atoms with Gasteiger partial charge in [0.15, 0.2) is 12.6 Å². The molecule has 3 rings (SSSR count). The second kappa shape index (κ2) is 44.9. The van der Waals surface area contributed by atoms with Crippen LogP contribution >= 0.6 is 0 Å². The van der Waals surface area contributed by atoms with Gasteiger partial charge >= 0.3 is 5.97 Å². The standard InChI is InChI=1S/C63H116N2O21/c1-4-6-8-10-12-14-16-17-18-19-20-21-22-23-24-25-26-27-29-31-33-35-37-50(73)65-44(45(70)36-34-32-30-28-15-13-11-9-7-5-2)42-81-60-55(77)54(76)57(49(41-68)83-60)84-61-56(78)59(53(75)48(40-67)82-61)86-63(62(79)80)38-46(71)51(64-43(3)69)58(85-63)52(74)47(72)39-66/h22-23,44-49,51-61,66-68,70-72,74-78H,4-21,24-42H2,1-3H3,(H,64,69)(H,65,73)(H,79,80)/b23-22-. The minimum atomic E-state index is -3.08. The van der Waals surface area contributed by atoms with Crippen LogP contribution in [0.2, 0.25) is 0 Å². The molecule has 0 spiro atoms. The first-order chi connectivity index (χ1) is 41.4. The minimum Gasteiger partial charge on any atom is -0.477 e. The number of carboxylic acids is 1. The van der Waals surface area contributed by atoms with Crippen molar-refractivity contribution in [2.45, 2.75) is 342 Å². The van der Waals surface area contributed by atoms with Crippen LogP contribution in [0.5, 0.6) is 0 Å². The van der Waals surface area contributed by atoms with Crippen molar-refractivity contribution in [2.24, 2.45) is 0 Å². The van der Waals surface area contributed by atoms with Crippen LogP contribution in [-0.2, 0) is 42.8 Å². The molecular weight excluding hydrogens is 1120 g/mol. The maximum Gasteiger partial charge on any atom is 0.364 e. The number of carbonyl (C=O) groups is 3. The lowest BCUT2D eigenvalue weighted by Crippen LogP contribution is -2.70. The summed E-state index contributed by atoms with van der Waals surface area (Å²) in [4.78, 5) is 38.4. The van der Waals surface area contributed by atoms with Crippen LogP contribution < -0.4 is 10.6 Å². The Balaban J connectivity index is 1.58. The van der Waals surface area contributed by atoms with Crippen LogP contribution in [0.1, 0.15) is 233 Å². The van der Waals surface area contributed by atoms with Gasteiger partial charge in [-0.2, -0.15) is 0 Å². The van der Waals surface area contributed by atoms with Gasteiger partial charge in [0.1, 0.15) is 67.1 Å². The number of carbonyl (C=O) groups excluding carboxylic acids is 2. The maximum atomic E-state index is 13.4. The third-order valence-corrected chi connectivity index (χ3v) is 17.0. The molecule has 0 bridgehead atoms. The molecule has 14 N–H and O–H groups in total. The van der Waals surface area contributed by atoms with E-state index in [1.165, 1.54) is 103 Å². The molecule has 0 aromatic carbocycles. The predicted molar refractivity (Wildman–Crippen MR) is 320 cm³/mol. The van der Waals surface area contributed by atoms with Gasteiger partial charge in [-0.15, -0.1) is 0 Å². The summed E-state index contributed by atoms with van der Waals surface area (Å²) in [6, 6.07) is -2.53. The van der Waals surface area contributed by atoms with Gasteiger partial charge in [-0.3, -0.25) is 9.59 Å². The van der Waals surface area contributed by atoms with Gasteiger partial charge in [-0.25, -0.2) is 4.79 Å². The van der Waals surface area contributed by atoms with E-state index in [1.807, 2.05) is 0 Å². The number of hydrogen-bond donors (Lipinski definition) is 14. The summed E-state index contributed by atoms with van der Waals surface area (Å²) in [5.74, 6) is -6.11. The fourth-order valence-electron chi connectivity index (χ4n) is 11.6. The number of allylic oxidation sites excluding steroid dienone is 2. The average molecular weight is 1240 g/mol. The molecule has 23 heteroatoms. The number of unbranched alkanes of at least 4 members (excludes halogenated alkanes) is 27. The Morgan fingerprint density at radius 2 is 1.08 bits per heavy atom. The van der Waals surface area contributed by atoms with Crippen molar-refractivity contribution in [1.82, 2.24) is 10.6 Å². The number of aliphatic hydroxyl groups excluding tert-OH is 11. The maximum absolute atomic E-state index is 13.4. The topological polar surface area (TPSA) is 373 Å². The fourth-order valence-corrected chi connectivity index (χ4v) is 11.6. The summed E-state index contributed by atoms with van der Waals surface area (Å²) in [5, 5.41) is 136. The van der Waals surface area contributed by atoms with Crippen molar-refractivity contribution < 1.29 is 104 Å². The molecule has 3 heterocycles. The lowest BCUT2D eigenvalue weighted by molar-refractivity contribution is -0.386. The lowest BCUT2D eigenvalue weighted by Gasteiger charge is -2.50. The molecule has 0 aromatic heterocycles. The largest absolute Gasteiger partial charge is 0.477 e. The van der Waals surface area contributed by atoms with Crippen LogP contribution in [0.15, 0.2) is 12.2 Å². The van der Waals surface area contributed by atoms with Crippen LogP contribution in [0.4, 0.5) is 0 Å². The Morgan fingerprint density at radius 3 is 1.57 bits per heavy atom. The summed E-state index contributed by atoms with van der Waals surface area (Å²) in [6.45, 7) is 2.16. The Labute approximate surface area is 511 Å². The van der Waals surface area contributed by atoms with Crippen molar-refractivity contribution in [3.05, 3.63) is 12.2 Å². The molecule has 18 unspecified atom stereocenters. The first-order valence-electron chi connectivity index (χ1n) is 33.0. The number of aliphatic hydroxyl groups is 11. The number of aliphatic carboxylic acids is 1. The van der Waals surface area contributed by atoms with Crippen molar-refractivity contribution in [1.29, 1.82) is 0 Å². The molecule has 3 fully saturated rings. The molecular formula is C63H116N2O21. The number of amides is 2. The average Bonchev–Trinajstić information content (AvgIpc) is 0.981. The van der Waals surface area contributed by atoms with E-state index >= 15 is 0 Å². The normalized spacial score (nSPS) is 29.4. The molecule has 23 nitrogen and oxygen atoms in total. The minimum absolute atomic E-state index is 0.219. The van der Waals surface area contributed by atoms with Crippen molar-refractivity contribution in [2.75, 3.05) is 26.4 Å². The third-order valence-electron chi connectivity index (χ3n) is 17.0. The summed E-state index contributed by atoms with van der Waals surface area (Å²) < 4.78 is 34.7. The van der Waals surface area contributed by atoms with Crippen molar-refractivity contribution in [3.8, 4) is 0 Å². The van der Waals surface area contributed by atoms with Gasteiger partial charge in [0, 0.05) is 19.8 Å². The van der Waals surface area contributed by atoms with Crippen molar-refractivity contribution >= 4 is 17.8 Å². The quantitative estimate of drug-likeness (QED) is 0.0289. The zero-order chi connectivity index (χ0) is 63.3. The van der Waals surface area contributed by atoms with Gasteiger partial charge in [0.25, 0.3) is 5.79 Å². The van der Waals surface area contributed by atoms with E-state index in [0.29, 0.717) is 19.3 Å². The van der Waals surface area contributed by atoms with E-state index in [-0.39, 0.29) is 18.9 Å². The highest BCUT2D eigenvalue weighted by atomic mass is 16.8. The zero-order valence-electron chi connectivity index (χ0n) is 52.2. The highest BCUT2D eigenvalue weighted by Gasteiger charge is 2.60. The third kappa shape index (κ3) is 27.9. The Hall–Kier alpha value is -2.53.